The maximum absolute atomic E-state index is 12.7. The lowest BCUT2D eigenvalue weighted by molar-refractivity contribution is -0.141. The number of hydrogen-bond acceptors (Lipinski definition) is 10. The molecule has 3 heterocycles. The second-order valence-corrected chi connectivity index (χ2v) is 8.76. The zero-order valence-electron chi connectivity index (χ0n) is 18.7. The Labute approximate surface area is 209 Å². The van der Waals surface area contributed by atoms with Gasteiger partial charge in [-0.15, -0.1) is 22.9 Å². The van der Waals surface area contributed by atoms with Crippen LogP contribution in [0.3, 0.4) is 0 Å². The summed E-state index contributed by atoms with van der Waals surface area (Å²) in [5.41, 5.74) is 0.349. The van der Waals surface area contributed by atoms with Gasteiger partial charge in [0.25, 0.3) is 11.8 Å². The molecule has 2 aromatic heterocycles. The van der Waals surface area contributed by atoms with Gasteiger partial charge in [0.15, 0.2) is 16.6 Å². The lowest BCUT2D eigenvalue weighted by Gasteiger charge is -2.36. The van der Waals surface area contributed by atoms with Crippen molar-refractivity contribution < 1.29 is 33.5 Å². The second-order valence-electron chi connectivity index (χ2n) is 6.67. The van der Waals surface area contributed by atoms with E-state index in [0.29, 0.717) is 25.1 Å². The smallest absolute Gasteiger partial charge is 0.329 e. The summed E-state index contributed by atoms with van der Waals surface area (Å²) in [5.74, 6) is 0.622. The third kappa shape index (κ3) is 6.15. The number of carbonyl (C=O) groups is 4. The van der Waals surface area contributed by atoms with Gasteiger partial charge in [-0.05, 0) is 8.19 Å². The van der Waals surface area contributed by atoms with Crippen molar-refractivity contribution in [3.8, 4) is 11.5 Å². The predicted octanol–water partition coefficient (Wildman–Crippen LogP) is 1.83. The molecule has 35 heavy (non-hydrogen) atoms. The number of urea groups is 1. The molecule has 13 nitrogen and oxygen atoms in total. The topological polar surface area (TPSA) is 161 Å². The average Bonchev–Trinajstić information content (AvgIpc) is 3.32. The molecule has 1 fully saturated rings. The molecular formula is C19H20ClN6O7PS. The first-order valence-electron chi connectivity index (χ1n) is 9.75. The lowest BCUT2D eigenvalue weighted by Crippen LogP contribution is -2.66. The largest absolute Gasteiger partial charge is 0.496 e. The molecular weight excluding hydrogens is 523 g/mol. The van der Waals surface area contributed by atoms with Crippen molar-refractivity contribution in [1.82, 2.24) is 15.2 Å². The zero-order valence-corrected chi connectivity index (χ0v) is 21.1. The summed E-state index contributed by atoms with van der Waals surface area (Å²) in [5, 5.41) is 13.0. The van der Waals surface area contributed by atoms with Crippen LogP contribution in [0.15, 0.2) is 22.4 Å². The van der Waals surface area contributed by atoms with E-state index in [9.17, 15) is 19.2 Å². The number of amides is 5. The van der Waals surface area contributed by atoms with Gasteiger partial charge in [-0.25, -0.2) is 9.78 Å². The molecule has 1 aliphatic heterocycles. The van der Waals surface area contributed by atoms with E-state index in [-0.39, 0.29) is 29.0 Å². The number of carbonyl (C=O) groups excluding carboxylic acids is 4. The Morgan fingerprint density at radius 3 is 2.69 bits per heavy atom. The summed E-state index contributed by atoms with van der Waals surface area (Å²) in [4.78, 5) is 59.0. The van der Waals surface area contributed by atoms with Crippen LogP contribution in [-0.2, 0) is 19.2 Å². The van der Waals surface area contributed by atoms with Crippen LogP contribution in [0.4, 0.5) is 15.3 Å². The molecule has 16 heteroatoms. The van der Waals surface area contributed by atoms with Gasteiger partial charge in [-0.1, -0.05) is 5.16 Å². The van der Waals surface area contributed by atoms with Gasteiger partial charge in [0.2, 0.25) is 5.91 Å². The minimum absolute atomic E-state index is 0.0554. The van der Waals surface area contributed by atoms with Crippen molar-refractivity contribution in [2.75, 3.05) is 44.4 Å². The molecule has 1 atom stereocenters. The van der Waals surface area contributed by atoms with Crippen LogP contribution in [0, 0.1) is 0 Å². The Hall–Kier alpha value is -3.48. The first-order chi connectivity index (χ1) is 16.8. The first kappa shape index (κ1) is 26.1. The van der Waals surface area contributed by atoms with Gasteiger partial charge in [-0.3, -0.25) is 19.3 Å². The van der Waals surface area contributed by atoms with Crippen molar-refractivity contribution in [3.63, 3.8) is 0 Å². The summed E-state index contributed by atoms with van der Waals surface area (Å²) in [6, 6.07) is -0.00442. The van der Waals surface area contributed by atoms with Crippen LogP contribution < -0.4 is 25.4 Å². The van der Waals surface area contributed by atoms with Crippen LogP contribution in [-0.4, -0.2) is 79.1 Å². The van der Waals surface area contributed by atoms with Crippen molar-refractivity contribution in [2.24, 2.45) is 5.16 Å². The van der Waals surface area contributed by atoms with E-state index in [2.05, 4.69) is 26.1 Å². The summed E-state index contributed by atoms with van der Waals surface area (Å²) >= 11 is 6.51. The number of nitrogens with one attached hydrogen (secondary N) is 3. The van der Waals surface area contributed by atoms with Crippen LogP contribution in [0.1, 0.15) is 5.69 Å². The lowest BCUT2D eigenvalue weighted by atomic mass is 10.1. The summed E-state index contributed by atoms with van der Waals surface area (Å²) in [6.07, 6.45) is 0. The molecule has 0 spiro atoms. The molecule has 0 unspecified atom stereocenters. The highest BCUT2D eigenvalue weighted by Crippen LogP contribution is 2.37. The van der Waals surface area contributed by atoms with Gasteiger partial charge >= 0.3 is 6.03 Å². The number of alkyl halides is 1. The highest BCUT2D eigenvalue weighted by atomic mass is 35.5. The number of halogens is 1. The second kappa shape index (κ2) is 11.8. The molecule has 3 N–H and O–H groups in total. The summed E-state index contributed by atoms with van der Waals surface area (Å²) < 4.78 is 10.4. The minimum atomic E-state index is -0.948. The van der Waals surface area contributed by atoms with Crippen LogP contribution >= 0.6 is 31.1 Å². The number of β-lactam (4-membered cyclic amide) rings is 1. The number of imide groups is 1. The number of rotatable bonds is 9. The maximum Gasteiger partial charge on any atom is 0.329 e. The number of oxime groups is 1. The Balaban J connectivity index is 1.61. The number of thiazole rings is 1. The van der Waals surface area contributed by atoms with Crippen LogP contribution in [0.2, 0.25) is 0 Å². The molecule has 0 aromatic carbocycles. The maximum atomic E-state index is 12.7. The standard InChI is InChI=1S/C19H20ClN6O7PS/c1-31-9-4-12(32-2)16(34-7-9)24-19(30)26-6-10(17(26)29)21-15(28)14(25-33-3)11-8-35-18(22-11)23-13(27)5-20/h4,7-8,10H,5-6H2,1-3H3,(H,21,28)(H,24,30)(H,22,23,27)/b25-14-/t10-/m0/s1. The van der Waals surface area contributed by atoms with E-state index >= 15 is 0 Å². The Morgan fingerprint density at radius 2 is 2.06 bits per heavy atom. The Kier molecular flexibility index (Phi) is 8.79. The van der Waals surface area contributed by atoms with Gasteiger partial charge in [0.05, 0.1) is 20.8 Å². The molecule has 0 saturated carbocycles. The molecule has 0 radical (unpaired) electrons. The number of hydrogen-bond donors (Lipinski definition) is 3. The van der Waals surface area contributed by atoms with Crippen molar-refractivity contribution in [2.45, 2.75) is 6.04 Å². The van der Waals surface area contributed by atoms with Crippen LogP contribution in [0.5, 0.6) is 11.5 Å². The highest BCUT2D eigenvalue weighted by Gasteiger charge is 2.42. The minimum Gasteiger partial charge on any atom is -0.496 e. The van der Waals surface area contributed by atoms with E-state index in [1.54, 1.807) is 11.9 Å². The molecule has 2 aromatic rings. The van der Waals surface area contributed by atoms with E-state index in [1.807, 2.05) is 0 Å². The highest BCUT2D eigenvalue weighted by molar-refractivity contribution is 7.34. The Morgan fingerprint density at radius 1 is 1.29 bits per heavy atom. The fraction of sp³-hybridized carbons (Fsp3) is 0.316. The van der Waals surface area contributed by atoms with E-state index < -0.39 is 29.8 Å². The van der Waals surface area contributed by atoms with E-state index in [0.717, 1.165) is 16.2 Å². The SMILES string of the molecule is CO/N=C(\C(=O)N[C@H]1CN(C(=O)Nc2pcc(OC)cc2OC)C1=O)c1csc(NC(=O)CCl)n1. The predicted molar refractivity (Wildman–Crippen MR) is 130 cm³/mol. The first-order valence-corrected chi connectivity index (χ1v) is 12.1. The Bertz CT molecular complexity index is 1180. The fourth-order valence-electron chi connectivity index (χ4n) is 2.79. The van der Waals surface area contributed by atoms with Gasteiger partial charge in [0.1, 0.15) is 35.9 Å². The molecule has 1 aliphatic rings. The van der Waals surface area contributed by atoms with Gasteiger partial charge in [0, 0.05) is 17.2 Å². The molecule has 3 rings (SSSR count). The summed E-state index contributed by atoms with van der Waals surface area (Å²) in [7, 11) is 4.82. The number of methoxy groups -OCH3 is 2. The van der Waals surface area contributed by atoms with E-state index in [4.69, 9.17) is 25.9 Å². The monoisotopic (exact) mass is 542 g/mol. The molecule has 0 aliphatic carbocycles. The number of likely N-dealkylation sites (tertiary alicyclic amines) is 1. The number of ether oxygens (including phenoxy) is 2. The average molecular weight is 543 g/mol. The molecule has 5 amide bonds. The number of aromatic nitrogens is 1. The quantitative estimate of drug-likeness (QED) is 0.187. The number of nitrogens with zero attached hydrogens (tertiary/aromatic N) is 3. The van der Waals surface area contributed by atoms with E-state index in [1.165, 1.54) is 26.7 Å². The third-order valence-corrected chi connectivity index (χ3v) is 6.47. The third-order valence-electron chi connectivity index (χ3n) is 4.50. The van der Waals surface area contributed by atoms with Gasteiger partial charge < -0.3 is 30.3 Å². The zero-order chi connectivity index (χ0) is 25.5. The molecule has 186 valence electrons. The summed E-state index contributed by atoms with van der Waals surface area (Å²) in [6.45, 7) is -0.0554. The van der Waals surface area contributed by atoms with Gasteiger partial charge in [-0.2, -0.15) is 0 Å². The molecule has 0 bridgehead atoms. The van der Waals surface area contributed by atoms with Crippen molar-refractivity contribution >= 4 is 71.1 Å². The number of anilines is 2. The van der Waals surface area contributed by atoms with Crippen LogP contribution in [0.25, 0.3) is 0 Å². The normalized spacial score (nSPS) is 15.3. The van der Waals surface area contributed by atoms with Crippen molar-refractivity contribution in [1.29, 1.82) is 0 Å². The van der Waals surface area contributed by atoms with Crippen molar-refractivity contribution in [3.05, 3.63) is 22.9 Å². The fourth-order valence-corrected chi connectivity index (χ4v) is 4.45. The molecule has 1 saturated heterocycles.